The van der Waals surface area contributed by atoms with Gasteiger partial charge in [-0.25, -0.2) is 4.98 Å². The van der Waals surface area contributed by atoms with Crippen LogP contribution in [0.5, 0.6) is 5.88 Å². The van der Waals surface area contributed by atoms with Gasteiger partial charge in [-0.15, -0.1) is 0 Å². The van der Waals surface area contributed by atoms with E-state index < -0.39 is 0 Å². The van der Waals surface area contributed by atoms with Crippen LogP contribution in [0, 0.1) is 11.3 Å². The highest BCUT2D eigenvalue weighted by atomic mass is 16.5. The van der Waals surface area contributed by atoms with Crippen molar-refractivity contribution in [3.63, 3.8) is 0 Å². The minimum atomic E-state index is 0.0658. The number of amidine groups is 1. The van der Waals surface area contributed by atoms with Gasteiger partial charge in [-0.3, -0.25) is 5.41 Å². The number of aromatic nitrogens is 1. The van der Waals surface area contributed by atoms with Gasteiger partial charge in [0.15, 0.2) is 0 Å². The van der Waals surface area contributed by atoms with Gasteiger partial charge in [-0.1, -0.05) is 13.3 Å². The van der Waals surface area contributed by atoms with E-state index in [1.807, 2.05) is 6.07 Å². The zero-order valence-corrected chi connectivity index (χ0v) is 12.8. The zero-order valence-electron chi connectivity index (χ0n) is 12.8. The molecule has 0 aliphatic heterocycles. The number of fused-ring (bicyclic) bond motifs is 1. The Morgan fingerprint density at radius 3 is 2.90 bits per heavy atom. The molecule has 2 aliphatic rings. The van der Waals surface area contributed by atoms with Gasteiger partial charge in [0.2, 0.25) is 5.88 Å². The first-order valence-corrected chi connectivity index (χ1v) is 8.23. The number of hydrogen-bond acceptors (Lipinski definition) is 3. The third kappa shape index (κ3) is 2.89. The molecule has 114 valence electrons. The number of nitrogens with one attached hydrogen (secondary N) is 1. The van der Waals surface area contributed by atoms with Crippen molar-refractivity contribution in [3.8, 4) is 5.88 Å². The summed E-state index contributed by atoms with van der Waals surface area (Å²) in [4.78, 5) is 4.69. The van der Waals surface area contributed by atoms with Gasteiger partial charge in [0.25, 0.3) is 0 Å². The number of ether oxygens (including phenoxy) is 1. The van der Waals surface area contributed by atoms with Gasteiger partial charge in [-0.2, -0.15) is 0 Å². The number of nitrogens with zero attached hydrogens (tertiary/aromatic N) is 1. The summed E-state index contributed by atoms with van der Waals surface area (Å²) in [5.74, 6) is 1.26. The molecule has 3 rings (SSSR count). The lowest BCUT2D eigenvalue weighted by atomic mass is 9.85. The quantitative estimate of drug-likeness (QED) is 0.660. The molecule has 0 aromatic carbocycles. The minimum absolute atomic E-state index is 0.0658. The molecule has 3 N–H and O–H groups in total. The molecule has 4 nitrogen and oxygen atoms in total. The van der Waals surface area contributed by atoms with Gasteiger partial charge in [0, 0.05) is 5.69 Å². The van der Waals surface area contributed by atoms with E-state index in [4.69, 9.17) is 20.9 Å². The van der Waals surface area contributed by atoms with E-state index in [2.05, 4.69) is 6.92 Å². The molecular weight excluding hydrogens is 262 g/mol. The maximum Gasteiger partial charge on any atom is 0.225 e. The van der Waals surface area contributed by atoms with Gasteiger partial charge >= 0.3 is 0 Å². The first-order valence-electron chi connectivity index (χ1n) is 8.23. The second-order valence-corrected chi connectivity index (χ2v) is 6.32. The molecule has 21 heavy (non-hydrogen) atoms. The van der Waals surface area contributed by atoms with E-state index in [1.165, 1.54) is 24.8 Å². The highest BCUT2D eigenvalue weighted by Crippen LogP contribution is 2.32. The van der Waals surface area contributed by atoms with Crippen molar-refractivity contribution in [1.82, 2.24) is 4.98 Å². The van der Waals surface area contributed by atoms with Gasteiger partial charge < -0.3 is 10.5 Å². The summed E-state index contributed by atoms with van der Waals surface area (Å²) in [5.41, 5.74) is 8.80. The maximum absolute atomic E-state index is 7.81. The molecule has 2 aliphatic carbocycles. The smallest absolute Gasteiger partial charge is 0.225 e. The predicted octanol–water partition coefficient (Wildman–Crippen LogP) is 3.20. The molecule has 0 spiro atoms. The van der Waals surface area contributed by atoms with Crippen molar-refractivity contribution in [2.24, 2.45) is 11.7 Å². The largest absolute Gasteiger partial charge is 0.474 e. The highest BCUT2D eigenvalue weighted by Gasteiger charge is 2.28. The Morgan fingerprint density at radius 2 is 2.14 bits per heavy atom. The second kappa shape index (κ2) is 6.04. The number of rotatable bonds is 4. The molecular formula is C17H25N3O. The van der Waals surface area contributed by atoms with Crippen molar-refractivity contribution in [2.45, 2.75) is 64.4 Å². The van der Waals surface area contributed by atoms with Crippen LogP contribution < -0.4 is 10.5 Å². The summed E-state index contributed by atoms with van der Waals surface area (Å²) in [5, 5.41) is 7.81. The first kappa shape index (κ1) is 14.4. The monoisotopic (exact) mass is 287 g/mol. The summed E-state index contributed by atoms with van der Waals surface area (Å²) in [7, 11) is 0. The standard InChI is InChI=1S/C17H25N3O/c1-2-11-6-3-4-9-15(11)21-17-13(16(18)19)10-12-7-5-8-14(12)20-17/h10-11,15H,2-9H2,1H3,(H3,18,19). The van der Waals surface area contributed by atoms with E-state index in [1.54, 1.807) is 0 Å². The van der Waals surface area contributed by atoms with Crippen LogP contribution in [-0.2, 0) is 12.8 Å². The van der Waals surface area contributed by atoms with Crippen molar-refractivity contribution in [2.75, 3.05) is 0 Å². The fraction of sp³-hybridized carbons (Fsp3) is 0.647. The molecule has 0 radical (unpaired) electrons. The van der Waals surface area contributed by atoms with Crippen molar-refractivity contribution >= 4 is 5.84 Å². The third-order valence-corrected chi connectivity index (χ3v) is 4.93. The lowest BCUT2D eigenvalue weighted by molar-refractivity contribution is 0.0854. The summed E-state index contributed by atoms with van der Waals surface area (Å²) >= 11 is 0. The van der Waals surface area contributed by atoms with Gasteiger partial charge in [-0.05, 0) is 62.5 Å². The minimum Gasteiger partial charge on any atom is -0.474 e. The topological polar surface area (TPSA) is 72.0 Å². The van der Waals surface area contributed by atoms with Crippen LogP contribution in [0.2, 0.25) is 0 Å². The van der Waals surface area contributed by atoms with E-state index in [9.17, 15) is 0 Å². The SMILES string of the molecule is CCC1CCCCC1Oc1nc2c(cc1C(=N)N)CCC2. The second-order valence-electron chi connectivity index (χ2n) is 6.32. The summed E-state index contributed by atoms with van der Waals surface area (Å²) < 4.78 is 6.24. The normalized spacial score (nSPS) is 24.6. The summed E-state index contributed by atoms with van der Waals surface area (Å²) in [6.07, 6.45) is 9.44. The highest BCUT2D eigenvalue weighted by molar-refractivity contribution is 5.97. The molecule has 0 bridgehead atoms. The Kier molecular flexibility index (Phi) is 4.13. The Morgan fingerprint density at radius 1 is 1.33 bits per heavy atom. The Labute approximate surface area is 126 Å². The fourth-order valence-electron chi connectivity index (χ4n) is 3.68. The van der Waals surface area contributed by atoms with E-state index in [-0.39, 0.29) is 11.9 Å². The zero-order chi connectivity index (χ0) is 14.8. The average Bonchev–Trinajstić information content (AvgIpc) is 2.94. The molecule has 2 atom stereocenters. The van der Waals surface area contributed by atoms with Crippen molar-refractivity contribution < 1.29 is 4.74 Å². The summed E-state index contributed by atoms with van der Waals surface area (Å²) in [6.45, 7) is 2.23. The van der Waals surface area contributed by atoms with Crippen LogP contribution in [0.4, 0.5) is 0 Å². The molecule has 1 aromatic heterocycles. The third-order valence-electron chi connectivity index (χ3n) is 4.93. The molecule has 1 aromatic rings. The fourth-order valence-corrected chi connectivity index (χ4v) is 3.68. The van der Waals surface area contributed by atoms with E-state index in [0.717, 1.165) is 37.8 Å². The average molecular weight is 287 g/mol. The molecule has 0 amide bonds. The summed E-state index contributed by atoms with van der Waals surface area (Å²) in [6, 6.07) is 2.02. The van der Waals surface area contributed by atoms with E-state index >= 15 is 0 Å². The number of nitrogen functional groups attached to an aromatic ring is 1. The first-order chi connectivity index (χ1) is 10.2. The molecule has 1 saturated carbocycles. The van der Waals surface area contributed by atoms with Crippen molar-refractivity contribution in [3.05, 3.63) is 22.9 Å². The van der Waals surface area contributed by atoms with Crippen LogP contribution >= 0.6 is 0 Å². The van der Waals surface area contributed by atoms with Crippen LogP contribution in [0.3, 0.4) is 0 Å². The molecule has 0 saturated heterocycles. The number of hydrogen-bond donors (Lipinski definition) is 2. The molecule has 2 unspecified atom stereocenters. The molecule has 1 fully saturated rings. The Bertz CT molecular complexity index is 541. The predicted molar refractivity (Wildman–Crippen MR) is 83.9 cm³/mol. The van der Waals surface area contributed by atoms with Crippen LogP contribution in [0.1, 0.15) is 62.3 Å². The number of nitrogens with two attached hydrogens (primary N) is 1. The van der Waals surface area contributed by atoms with Crippen LogP contribution in [-0.4, -0.2) is 16.9 Å². The lowest BCUT2D eigenvalue weighted by Gasteiger charge is -2.31. The Balaban J connectivity index is 1.88. The van der Waals surface area contributed by atoms with E-state index in [0.29, 0.717) is 17.4 Å². The number of aryl methyl sites for hydroxylation is 2. The maximum atomic E-state index is 7.81. The van der Waals surface area contributed by atoms with Gasteiger partial charge in [0.05, 0.1) is 5.56 Å². The van der Waals surface area contributed by atoms with Crippen LogP contribution in [0.15, 0.2) is 6.07 Å². The van der Waals surface area contributed by atoms with Gasteiger partial charge in [0.1, 0.15) is 11.9 Å². The molecule has 1 heterocycles. The van der Waals surface area contributed by atoms with Crippen molar-refractivity contribution in [1.29, 1.82) is 5.41 Å². The molecule has 4 heteroatoms. The Hall–Kier alpha value is -1.58. The number of pyridine rings is 1. The van der Waals surface area contributed by atoms with Crippen LogP contribution in [0.25, 0.3) is 0 Å². The lowest BCUT2D eigenvalue weighted by Crippen LogP contribution is -2.31.